The van der Waals surface area contributed by atoms with E-state index in [1.54, 1.807) is 5.30 Å². The fourth-order valence-corrected chi connectivity index (χ4v) is 6.23. The number of halogens is 2. The van der Waals surface area contributed by atoms with Gasteiger partial charge in [-0.05, 0) is 19.2 Å². The van der Waals surface area contributed by atoms with E-state index in [1.165, 1.54) is 57.8 Å². The van der Waals surface area contributed by atoms with E-state index in [0.29, 0.717) is 0 Å². The summed E-state index contributed by atoms with van der Waals surface area (Å²) in [6.45, 7) is 8.91. The van der Waals surface area contributed by atoms with Crippen molar-refractivity contribution in [3.8, 4) is 0 Å². The van der Waals surface area contributed by atoms with E-state index in [-0.39, 0.29) is 58.9 Å². The van der Waals surface area contributed by atoms with Crippen molar-refractivity contribution in [3.05, 3.63) is 77.9 Å². The van der Waals surface area contributed by atoms with Gasteiger partial charge in [0.05, 0.1) is 0 Å². The SMILES string of the molecule is CCCP(CCC)c1cc2ccccc2[cH-]1.Cc1ccc(C)c2[cH-]ccc12.[Cl-].[Cl-].[Zr+4]. The molecule has 0 radical (unpaired) electrons. The number of aryl methyl sites for hydroxylation is 2. The van der Waals surface area contributed by atoms with Gasteiger partial charge in [-0.3, -0.25) is 0 Å². The minimum absolute atomic E-state index is 0. The first-order valence-electron chi connectivity index (χ1n) is 10.2. The van der Waals surface area contributed by atoms with Crippen molar-refractivity contribution in [2.75, 3.05) is 12.3 Å². The molecule has 4 aromatic rings. The number of hydrogen-bond acceptors (Lipinski definition) is 0. The van der Waals surface area contributed by atoms with Crippen LogP contribution in [0.25, 0.3) is 21.5 Å². The van der Waals surface area contributed by atoms with Crippen molar-refractivity contribution < 1.29 is 51.0 Å². The maximum absolute atomic E-state index is 2.41. The van der Waals surface area contributed by atoms with Crippen LogP contribution in [0.3, 0.4) is 0 Å². The minimum Gasteiger partial charge on any atom is -1.00 e. The van der Waals surface area contributed by atoms with Gasteiger partial charge in [0.2, 0.25) is 0 Å². The molecule has 0 aliphatic carbocycles. The predicted octanol–water partition coefficient (Wildman–Crippen LogP) is 1.67. The van der Waals surface area contributed by atoms with E-state index in [1.807, 2.05) is 0 Å². The standard InChI is InChI=1S/C15H20P.C11H11.2ClH.Zr/c1-3-9-16(10-4-2)15-11-13-7-5-6-8-14(13)12-15;1-8-6-7-9(2)11-5-3-4-10(8)11;;;/h5-8,11-12H,3-4,9-10H2,1-2H3;3-7H,1-2H3;2*1H;/q2*-1;;;+4/p-2. The van der Waals surface area contributed by atoms with Crippen LogP contribution in [0, 0.1) is 13.8 Å². The van der Waals surface area contributed by atoms with Gasteiger partial charge >= 0.3 is 26.2 Å². The van der Waals surface area contributed by atoms with Gasteiger partial charge in [0.25, 0.3) is 0 Å². The first-order chi connectivity index (χ1) is 13.1. The van der Waals surface area contributed by atoms with E-state index >= 15 is 0 Å². The Labute approximate surface area is 215 Å². The van der Waals surface area contributed by atoms with Gasteiger partial charge in [-0.25, -0.2) is 0 Å². The van der Waals surface area contributed by atoms with Crippen LogP contribution >= 0.6 is 7.92 Å². The summed E-state index contributed by atoms with van der Waals surface area (Å²) in [4.78, 5) is 0. The Balaban J connectivity index is 0.000000535. The summed E-state index contributed by atoms with van der Waals surface area (Å²) in [6.07, 6.45) is 5.40. The number of benzene rings is 2. The smallest absolute Gasteiger partial charge is 1.00 e. The van der Waals surface area contributed by atoms with Crippen molar-refractivity contribution in [2.45, 2.75) is 40.5 Å². The molecule has 4 aromatic carbocycles. The largest absolute Gasteiger partial charge is 4.00 e. The Morgan fingerprint density at radius 2 is 1.47 bits per heavy atom. The summed E-state index contributed by atoms with van der Waals surface area (Å²) in [5.41, 5.74) is 2.74. The van der Waals surface area contributed by atoms with Crippen molar-refractivity contribution in [1.29, 1.82) is 0 Å². The summed E-state index contributed by atoms with van der Waals surface area (Å²) in [5.74, 6) is 0. The van der Waals surface area contributed by atoms with Gasteiger partial charge in [-0.15, -0.1) is 68.8 Å². The van der Waals surface area contributed by atoms with E-state index in [0.717, 1.165) is 0 Å². The third-order valence-electron chi connectivity index (χ3n) is 5.20. The number of fused-ring (bicyclic) bond motifs is 2. The van der Waals surface area contributed by atoms with Crippen molar-refractivity contribution in [2.24, 2.45) is 0 Å². The van der Waals surface area contributed by atoms with E-state index in [9.17, 15) is 0 Å². The second-order valence-electron chi connectivity index (χ2n) is 7.38. The van der Waals surface area contributed by atoms with E-state index in [2.05, 4.69) is 94.4 Å². The molecule has 158 valence electrons. The Kier molecular flexibility index (Phi) is 14.4. The third kappa shape index (κ3) is 7.31. The molecule has 0 fully saturated rings. The quantitative estimate of drug-likeness (QED) is 0.269. The molecule has 4 rings (SSSR count). The molecule has 0 aliphatic heterocycles. The second-order valence-corrected chi connectivity index (χ2v) is 9.87. The third-order valence-corrected chi connectivity index (χ3v) is 8.17. The zero-order valence-electron chi connectivity index (χ0n) is 18.4. The van der Waals surface area contributed by atoms with Crippen LogP contribution in [0.5, 0.6) is 0 Å². The summed E-state index contributed by atoms with van der Waals surface area (Å²) < 4.78 is 0. The monoisotopic (exact) mass is 534 g/mol. The Bertz CT molecular complexity index is 928. The van der Waals surface area contributed by atoms with Crippen LogP contribution in [0.2, 0.25) is 0 Å². The average molecular weight is 537 g/mol. The maximum atomic E-state index is 2.41. The summed E-state index contributed by atoms with van der Waals surface area (Å²) >= 11 is 0. The first-order valence-corrected chi connectivity index (χ1v) is 11.9. The fraction of sp³-hybridized carbons (Fsp3) is 0.308. The van der Waals surface area contributed by atoms with Crippen LogP contribution < -0.4 is 30.1 Å². The fourth-order valence-electron chi connectivity index (χ4n) is 3.76. The van der Waals surface area contributed by atoms with Gasteiger partial charge in [-0.1, -0.05) is 59.2 Å². The molecule has 0 atom stereocenters. The molecule has 0 N–H and O–H groups in total. The van der Waals surface area contributed by atoms with Gasteiger partial charge in [-0.2, -0.15) is 18.2 Å². The number of rotatable bonds is 5. The first kappa shape index (κ1) is 29.6. The predicted molar refractivity (Wildman–Crippen MR) is 125 cm³/mol. The van der Waals surface area contributed by atoms with Crippen molar-refractivity contribution in [1.82, 2.24) is 0 Å². The zero-order valence-corrected chi connectivity index (χ0v) is 23.2. The van der Waals surface area contributed by atoms with E-state index < -0.39 is 0 Å². The molecular weight excluding hydrogens is 505 g/mol. The average Bonchev–Trinajstić information content (AvgIpc) is 3.33. The molecule has 0 saturated carbocycles. The van der Waals surface area contributed by atoms with Crippen LogP contribution in [-0.2, 0) is 26.2 Å². The van der Waals surface area contributed by atoms with Crippen LogP contribution in [0.4, 0.5) is 0 Å². The molecule has 0 nitrogen and oxygen atoms in total. The van der Waals surface area contributed by atoms with Gasteiger partial charge in [0.15, 0.2) is 0 Å². The van der Waals surface area contributed by atoms with Gasteiger partial charge in [0.1, 0.15) is 0 Å². The molecular formula is C26H31Cl2PZr. The topological polar surface area (TPSA) is 0 Å². The van der Waals surface area contributed by atoms with Gasteiger partial charge in [0, 0.05) is 0 Å². The van der Waals surface area contributed by atoms with Gasteiger partial charge < -0.3 is 24.8 Å². The maximum Gasteiger partial charge on any atom is 4.00 e. The zero-order chi connectivity index (χ0) is 19.2. The Morgan fingerprint density at radius 3 is 2.07 bits per heavy atom. The molecule has 4 heteroatoms. The molecule has 30 heavy (non-hydrogen) atoms. The second kappa shape index (κ2) is 14.6. The molecule has 0 aromatic heterocycles. The van der Waals surface area contributed by atoms with E-state index in [4.69, 9.17) is 0 Å². The molecule has 0 saturated heterocycles. The summed E-state index contributed by atoms with van der Waals surface area (Å²) in [6, 6.07) is 24.4. The minimum atomic E-state index is 0. The molecule has 0 unspecified atom stereocenters. The summed E-state index contributed by atoms with van der Waals surface area (Å²) in [7, 11) is 0.0972. The summed E-state index contributed by atoms with van der Waals surface area (Å²) in [5, 5.41) is 7.23. The normalized spacial score (nSPS) is 10.0. The Hall–Kier alpha value is -0.447. The van der Waals surface area contributed by atoms with Crippen LogP contribution in [-0.4, -0.2) is 12.3 Å². The molecule has 0 spiro atoms. The molecule has 0 amide bonds. The van der Waals surface area contributed by atoms with Crippen LogP contribution in [0.15, 0.2) is 66.7 Å². The Morgan fingerprint density at radius 1 is 0.833 bits per heavy atom. The molecule has 0 heterocycles. The van der Waals surface area contributed by atoms with Crippen molar-refractivity contribution >= 4 is 34.8 Å². The van der Waals surface area contributed by atoms with Crippen LogP contribution in [0.1, 0.15) is 37.8 Å². The molecule has 0 bridgehead atoms. The number of hydrogen-bond donors (Lipinski definition) is 0. The molecule has 0 aliphatic rings. The van der Waals surface area contributed by atoms with Crippen molar-refractivity contribution in [3.63, 3.8) is 0 Å².